The van der Waals surface area contributed by atoms with Crippen molar-refractivity contribution < 1.29 is 4.42 Å². The van der Waals surface area contributed by atoms with Gasteiger partial charge in [0.1, 0.15) is 11.2 Å². The number of halogens is 1. The third-order valence-corrected chi connectivity index (χ3v) is 14.6. The first-order chi connectivity index (χ1) is 31.2. The minimum absolute atomic E-state index is 0.574. The molecule has 2 heterocycles. The number of nitrogens with zero attached hydrogens (tertiary/aromatic N) is 1. The first kappa shape index (κ1) is 36.4. The maximum absolute atomic E-state index is 6.97. The van der Waals surface area contributed by atoms with Gasteiger partial charge in [0.15, 0.2) is 0 Å². The van der Waals surface area contributed by atoms with Crippen LogP contribution in [0.4, 0.5) is 17.1 Å². The molecule has 63 heavy (non-hydrogen) atoms. The molecule has 0 saturated heterocycles. The second-order valence-electron chi connectivity index (χ2n) is 16.4. The summed E-state index contributed by atoms with van der Waals surface area (Å²) < 4.78 is 6.89. The van der Waals surface area contributed by atoms with Gasteiger partial charge in [0.05, 0.1) is 22.2 Å². The Morgan fingerprint density at radius 3 is 1.89 bits per heavy atom. The molecule has 1 aliphatic heterocycles. The first-order valence-electron chi connectivity index (χ1n) is 21.4. The Morgan fingerprint density at radius 1 is 0.460 bits per heavy atom. The summed E-state index contributed by atoms with van der Waals surface area (Å²) in [6.07, 6.45) is 0. The summed E-state index contributed by atoms with van der Waals surface area (Å²) in [4.78, 5) is 4.92. The number of hydrogen-bond donors (Lipinski definition) is 0. The zero-order valence-corrected chi connectivity index (χ0v) is 35.5. The molecule has 1 aliphatic carbocycles. The molecule has 13 rings (SSSR count). The summed E-state index contributed by atoms with van der Waals surface area (Å²) in [5.74, 6) is 0. The molecule has 0 atom stereocenters. The normalized spacial score (nSPS) is 13.2. The third kappa shape index (κ3) is 5.28. The molecule has 0 bridgehead atoms. The van der Waals surface area contributed by atoms with Crippen molar-refractivity contribution in [2.45, 2.75) is 15.2 Å². The Hall–Kier alpha value is -7.30. The highest BCUT2D eigenvalue weighted by atomic mass is 35.5. The van der Waals surface area contributed by atoms with E-state index in [2.05, 4.69) is 217 Å². The van der Waals surface area contributed by atoms with E-state index in [1.807, 2.05) is 17.8 Å². The number of anilines is 3. The fourth-order valence-electron chi connectivity index (χ4n) is 10.6. The lowest BCUT2D eigenvalue weighted by atomic mass is 9.67. The molecule has 0 N–H and O–H groups in total. The van der Waals surface area contributed by atoms with Gasteiger partial charge in [-0.15, -0.1) is 0 Å². The minimum Gasteiger partial charge on any atom is -0.455 e. The van der Waals surface area contributed by atoms with Crippen LogP contribution >= 0.6 is 23.4 Å². The van der Waals surface area contributed by atoms with E-state index in [1.54, 1.807) is 0 Å². The Balaban J connectivity index is 1.14. The summed E-state index contributed by atoms with van der Waals surface area (Å²) >= 11 is 8.82. The van der Waals surface area contributed by atoms with Crippen molar-refractivity contribution in [3.63, 3.8) is 0 Å². The van der Waals surface area contributed by atoms with Gasteiger partial charge >= 0.3 is 0 Å². The number of rotatable bonds is 5. The third-order valence-electron chi connectivity index (χ3n) is 13.2. The highest BCUT2D eigenvalue weighted by molar-refractivity contribution is 7.99. The molecule has 0 fully saturated rings. The lowest BCUT2D eigenvalue weighted by Crippen LogP contribution is -2.32. The van der Waals surface area contributed by atoms with Crippen molar-refractivity contribution in [1.29, 1.82) is 0 Å². The van der Waals surface area contributed by atoms with Crippen molar-refractivity contribution in [3.05, 3.63) is 246 Å². The van der Waals surface area contributed by atoms with Crippen molar-refractivity contribution in [2.24, 2.45) is 0 Å². The number of furan rings is 1. The van der Waals surface area contributed by atoms with Gasteiger partial charge in [-0.25, -0.2) is 0 Å². The number of fused-ring (bicyclic) bond motifs is 13. The second-order valence-corrected chi connectivity index (χ2v) is 17.9. The van der Waals surface area contributed by atoms with E-state index in [4.69, 9.17) is 16.0 Å². The molecule has 0 radical (unpaired) electrons. The fraction of sp³-hybridized carbons (Fsp3) is 0.0169. The molecule has 0 unspecified atom stereocenters. The van der Waals surface area contributed by atoms with Gasteiger partial charge in [-0.05, 0) is 98.4 Å². The van der Waals surface area contributed by atoms with Gasteiger partial charge in [0.2, 0.25) is 0 Å². The summed E-state index contributed by atoms with van der Waals surface area (Å²) in [5.41, 5.74) is 16.4. The molecule has 10 aromatic carbocycles. The topological polar surface area (TPSA) is 16.4 Å². The van der Waals surface area contributed by atoms with E-state index in [0.29, 0.717) is 0 Å². The number of para-hydroxylation sites is 2. The van der Waals surface area contributed by atoms with Crippen LogP contribution in [0.25, 0.3) is 66.1 Å². The predicted molar refractivity (Wildman–Crippen MR) is 263 cm³/mol. The Morgan fingerprint density at radius 2 is 1.10 bits per heavy atom. The van der Waals surface area contributed by atoms with Crippen LogP contribution in [0.2, 0.25) is 5.02 Å². The highest BCUT2D eigenvalue weighted by Gasteiger charge is 2.50. The standard InChI is InChI=1S/C59H36ClNOS/c60-39-31-35-54-51(36-39)59(48-26-12-9-22-43(48)44-23-10-13-27-49(44)59)50-28-15-25-46(58(50)63-54)45-32-30-38-18-7-8-21-41(38)56(45)61(40-19-5-2-6-20-40)52-34-33-42(37-16-3-1-4-17-37)57-55(52)47-24-11-14-29-53(47)62-57/h1-36H. The maximum Gasteiger partial charge on any atom is 0.145 e. The largest absolute Gasteiger partial charge is 0.455 e. The van der Waals surface area contributed by atoms with Gasteiger partial charge in [0.25, 0.3) is 0 Å². The van der Waals surface area contributed by atoms with Gasteiger partial charge in [-0.2, -0.15) is 0 Å². The fourth-order valence-corrected chi connectivity index (χ4v) is 12.1. The van der Waals surface area contributed by atoms with Crippen LogP contribution in [0.3, 0.4) is 0 Å². The Kier molecular flexibility index (Phi) is 8.15. The van der Waals surface area contributed by atoms with Crippen LogP contribution < -0.4 is 4.90 Å². The van der Waals surface area contributed by atoms with Crippen LogP contribution in [-0.4, -0.2) is 0 Å². The van der Waals surface area contributed by atoms with E-state index in [0.717, 1.165) is 66.1 Å². The summed E-state index contributed by atoms with van der Waals surface area (Å²) in [5, 5.41) is 5.21. The quantitative estimate of drug-likeness (QED) is 0.172. The lowest BCUT2D eigenvalue weighted by molar-refractivity contribution is 0.670. The van der Waals surface area contributed by atoms with E-state index < -0.39 is 5.41 Å². The first-order valence-corrected chi connectivity index (χ1v) is 22.6. The van der Waals surface area contributed by atoms with Crippen molar-refractivity contribution in [3.8, 4) is 33.4 Å². The molecule has 0 saturated carbocycles. The molecule has 11 aromatic rings. The van der Waals surface area contributed by atoms with E-state index in [1.165, 1.54) is 54.1 Å². The maximum atomic E-state index is 6.97. The average molecular weight is 842 g/mol. The summed E-state index contributed by atoms with van der Waals surface area (Å²) in [6, 6.07) is 79.1. The second kappa shape index (κ2) is 14.1. The Labute approximate surface area is 374 Å². The lowest BCUT2D eigenvalue weighted by Gasteiger charge is -2.40. The van der Waals surface area contributed by atoms with Gasteiger partial charge < -0.3 is 9.32 Å². The SMILES string of the molecule is Clc1ccc2c(c1)C1(c3ccccc3-c3ccccc31)c1cccc(-c3ccc4ccccc4c3N(c3ccccc3)c3ccc(-c4ccccc4)c4oc5ccccc5c34)c1S2. The zero-order valence-electron chi connectivity index (χ0n) is 33.9. The molecule has 296 valence electrons. The summed E-state index contributed by atoms with van der Waals surface area (Å²) in [7, 11) is 0. The molecule has 4 heteroatoms. The summed E-state index contributed by atoms with van der Waals surface area (Å²) in [6.45, 7) is 0. The smallest absolute Gasteiger partial charge is 0.145 e. The molecule has 2 nitrogen and oxygen atoms in total. The van der Waals surface area contributed by atoms with Crippen LogP contribution in [-0.2, 0) is 5.41 Å². The molecule has 1 spiro atoms. The van der Waals surface area contributed by atoms with Gasteiger partial charge in [-0.1, -0.05) is 193 Å². The Bertz CT molecular complexity index is 3590. The van der Waals surface area contributed by atoms with Crippen LogP contribution in [0.15, 0.2) is 233 Å². The van der Waals surface area contributed by atoms with E-state index in [-0.39, 0.29) is 0 Å². The number of benzene rings is 10. The number of hydrogen-bond acceptors (Lipinski definition) is 3. The molecule has 1 aromatic heterocycles. The van der Waals surface area contributed by atoms with Crippen molar-refractivity contribution >= 4 is 73.1 Å². The highest BCUT2D eigenvalue weighted by Crippen LogP contribution is 2.64. The minimum atomic E-state index is -0.574. The van der Waals surface area contributed by atoms with Crippen molar-refractivity contribution in [1.82, 2.24) is 0 Å². The van der Waals surface area contributed by atoms with Crippen LogP contribution in [0.5, 0.6) is 0 Å². The van der Waals surface area contributed by atoms with Gasteiger partial charge in [0, 0.05) is 42.4 Å². The van der Waals surface area contributed by atoms with E-state index in [9.17, 15) is 0 Å². The van der Waals surface area contributed by atoms with Crippen LogP contribution in [0, 0.1) is 0 Å². The molecule has 0 amide bonds. The molecular weight excluding hydrogens is 806 g/mol. The predicted octanol–water partition coefficient (Wildman–Crippen LogP) is 17.0. The van der Waals surface area contributed by atoms with Crippen molar-refractivity contribution in [2.75, 3.05) is 4.90 Å². The van der Waals surface area contributed by atoms with E-state index >= 15 is 0 Å². The molecule has 2 aliphatic rings. The monoisotopic (exact) mass is 841 g/mol. The van der Waals surface area contributed by atoms with Crippen LogP contribution in [0.1, 0.15) is 22.3 Å². The zero-order chi connectivity index (χ0) is 41.6. The van der Waals surface area contributed by atoms with Gasteiger partial charge in [-0.3, -0.25) is 0 Å². The average Bonchev–Trinajstić information content (AvgIpc) is 3.88. The molecular formula is C59H36ClNOS.